The summed E-state index contributed by atoms with van der Waals surface area (Å²) in [5, 5.41) is 3.44. The first-order chi connectivity index (χ1) is 12.2. The molecule has 0 bridgehead atoms. The summed E-state index contributed by atoms with van der Waals surface area (Å²) in [6, 6.07) is 12.6. The highest BCUT2D eigenvalue weighted by molar-refractivity contribution is 5.72. The minimum Gasteiger partial charge on any atom is -0.496 e. The van der Waals surface area contributed by atoms with Gasteiger partial charge in [0.15, 0.2) is 5.58 Å². The van der Waals surface area contributed by atoms with Crippen LogP contribution < -0.4 is 10.1 Å². The molecule has 4 rings (SSSR count). The maximum Gasteiger partial charge on any atom is 0.209 e. The number of aromatic nitrogens is 1. The van der Waals surface area contributed by atoms with E-state index in [9.17, 15) is 4.39 Å². The third-order valence-corrected chi connectivity index (χ3v) is 4.58. The molecule has 6 heteroatoms. The van der Waals surface area contributed by atoms with E-state index >= 15 is 0 Å². The summed E-state index contributed by atoms with van der Waals surface area (Å²) in [5.74, 6) is 1.17. The third kappa shape index (κ3) is 3.23. The summed E-state index contributed by atoms with van der Waals surface area (Å²) in [6.07, 6.45) is 0. The molecule has 1 atom stereocenters. The second-order valence-corrected chi connectivity index (χ2v) is 6.15. The van der Waals surface area contributed by atoms with Gasteiger partial charge in [0.1, 0.15) is 17.1 Å². The number of fused-ring (bicyclic) bond motifs is 1. The van der Waals surface area contributed by atoms with Gasteiger partial charge in [-0.05, 0) is 18.2 Å². The fraction of sp³-hybridized carbons (Fsp3) is 0.316. The molecule has 0 spiro atoms. The average molecular weight is 341 g/mol. The highest BCUT2D eigenvalue weighted by atomic mass is 19.1. The molecule has 2 heterocycles. The maximum absolute atomic E-state index is 13.4. The molecule has 1 aliphatic heterocycles. The van der Waals surface area contributed by atoms with E-state index in [-0.39, 0.29) is 11.9 Å². The lowest BCUT2D eigenvalue weighted by molar-refractivity contribution is 0.139. The number of para-hydroxylation sites is 1. The molecular formula is C19H20FN3O2. The molecule has 1 aromatic heterocycles. The molecule has 0 aliphatic carbocycles. The molecule has 1 unspecified atom stereocenters. The number of piperazine rings is 1. The first kappa shape index (κ1) is 16.1. The van der Waals surface area contributed by atoms with Crippen LogP contribution in [0, 0.1) is 5.82 Å². The van der Waals surface area contributed by atoms with Crippen LogP contribution >= 0.6 is 0 Å². The lowest BCUT2D eigenvalue weighted by Crippen LogP contribution is -2.45. The molecule has 1 aliphatic rings. The molecule has 0 saturated carbocycles. The van der Waals surface area contributed by atoms with Crippen LogP contribution in [0.1, 0.15) is 17.5 Å². The molecule has 25 heavy (non-hydrogen) atoms. The summed E-state index contributed by atoms with van der Waals surface area (Å²) in [7, 11) is 1.69. The molecule has 1 N–H and O–H groups in total. The molecule has 0 amide bonds. The minimum atomic E-state index is -0.304. The van der Waals surface area contributed by atoms with Crippen molar-refractivity contribution in [3.05, 3.63) is 59.7 Å². The summed E-state index contributed by atoms with van der Waals surface area (Å²) in [4.78, 5) is 6.75. The van der Waals surface area contributed by atoms with Gasteiger partial charge in [-0.1, -0.05) is 18.2 Å². The normalized spacial score (nSPS) is 18.6. The number of methoxy groups -OCH3 is 1. The SMILES string of the molecule is COc1ccccc1C1CNCCN1Cc1nc2cc(F)ccc2o1. The Labute approximate surface area is 145 Å². The van der Waals surface area contributed by atoms with Crippen LogP contribution in [0.5, 0.6) is 5.75 Å². The number of ether oxygens (including phenoxy) is 1. The Hall–Kier alpha value is -2.44. The van der Waals surface area contributed by atoms with Gasteiger partial charge in [-0.2, -0.15) is 0 Å². The Bertz CT molecular complexity index is 880. The van der Waals surface area contributed by atoms with E-state index in [1.54, 1.807) is 13.2 Å². The van der Waals surface area contributed by atoms with E-state index in [0.717, 1.165) is 30.9 Å². The van der Waals surface area contributed by atoms with Crippen molar-refractivity contribution in [3.8, 4) is 5.75 Å². The van der Waals surface area contributed by atoms with E-state index < -0.39 is 0 Å². The van der Waals surface area contributed by atoms with Crippen LogP contribution in [0.2, 0.25) is 0 Å². The smallest absolute Gasteiger partial charge is 0.209 e. The summed E-state index contributed by atoms with van der Waals surface area (Å²) >= 11 is 0. The highest BCUT2D eigenvalue weighted by Gasteiger charge is 2.27. The molecule has 1 fully saturated rings. The van der Waals surface area contributed by atoms with E-state index in [0.29, 0.717) is 23.5 Å². The number of benzene rings is 2. The van der Waals surface area contributed by atoms with Gasteiger partial charge in [-0.15, -0.1) is 0 Å². The zero-order chi connectivity index (χ0) is 17.2. The molecule has 5 nitrogen and oxygen atoms in total. The van der Waals surface area contributed by atoms with Crippen molar-refractivity contribution in [1.82, 2.24) is 15.2 Å². The lowest BCUT2D eigenvalue weighted by atomic mass is 10.0. The number of hydrogen-bond donors (Lipinski definition) is 1. The van der Waals surface area contributed by atoms with Crippen molar-refractivity contribution in [2.24, 2.45) is 0 Å². The van der Waals surface area contributed by atoms with Crippen molar-refractivity contribution in [2.75, 3.05) is 26.7 Å². The van der Waals surface area contributed by atoms with Crippen molar-refractivity contribution in [1.29, 1.82) is 0 Å². The zero-order valence-corrected chi connectivity index (χ0v) is 14.0. The topological polar surface area (TPSA) is 50.5 Å². The van der Waals surface area contributed by atoms with Gasteiger partial charge >= 0.3 is 0 Å². The van der Waals surface area contributed by atoms with Crippen molar-refractivity contribution < 1.29 is 13.5 Å². The third-order valence-electron chi connectivity index (χ3n) is 4.58. The van der Waals surface area contributed by atoms with E-state index in [1.807, 2.05) is 18.2 Å². The molecule has 0 radical (unpaired) electrons. The van der Waals surface area contributed by atoms with Crippen LogP contribution in [0.3, 0.4) is 0 Å². The Morgan fingerprint density at radius 3 is 3.08 bits per heavy atom. The molecule has 2 aromatic carbocycles. The van der Waals surface area contributed by atoms with Crippen molar-refractivity contribution in [2.45, 2.75) is 12.6 Å². The second-order valence-electron chi connectivity index (χ2n) is 6.15. The van der Waals surface area contributed by atoms with Crippen molar-refractivity contribution in [3.63, 3.8) is 0 Å². The number of nitrogens with zero attached hydrogens (tertiary/aromatic N) is 2. The van der Waals surface area contributed by atoms with E-state index in [2.05, 4.69) is 21.3 Å². The molecule has 3 aromatic rings. The maximum atomic E-state index is 13.4. The van der Waals surface area contributed by atoms with Crippen LogP contribution in [0.4, 0.5) is 4.39 Å². The zero-order valence-electron chi connectivity index (χ0n) is 14.0. The molecule has 130 valence electrons. The van der Waals surface area contributed by atoms with Gasteiger partial charge < -0.3 is 14.5 Å². The second kappa shape index (κ2) is 6.82. The minimum absolute atomic E-state index is 0.164. The molecular weight excluding hydrogens is 321 g/mol. The summed E-state index contributed by atoms with van der Waals surface area (Å²) < 4.78 is 24.7. The monoisotopic (exact) mass is 341 g/mol. The van der Waals surface area contributed by atoms with Crippen molar-refractivity contribution >= 4 is 11.1 Å². The number of rotatable bonds is 4. The van der Waals surface area contributed by atoms with Crippen LogP contribution in [-0.4, -0.2) is 36.6 Å². The first-order valence-corrected chi connectivity index (χ1v) is 8.37. The average Bonchev–Trinajstić information content (AvgIpc) is 3.03. The van der Waals surface area contributed by atoms with Gasteiger partial charge in [-0.25, -0.2) is 9.37 Å². The standard InChI is InChI=1S/C19H20FN3O2/c1-24-17-5-3-2-4-14(17)16-11-21-8-9-23(16)12-19-22-15-10-13(20)6-7-18(15)25-19/h2-7,10,16,21H,8-9,11-12H2,1H3. The fourth-order valence-corrected chi connectivity index (χ4v) is 3.37. The fourth-order valence-electron chi connectivity index (χ4n) is 3.37. The predicted molar refractivity (Wildman–Crippen MR) is 93.0 cm³/mol. The number of oxazole rings is 1. The number of halogens is 1. The number of nitrogens with one attached hydrogen (secondary N) is 1. The Kier molecular flexibility index (Phi) is 4.38. The molecule has 1 saturated heterocycles. The van der Waals surface area contributed by atoms with E-state index in [1.165, 1.54) is 12.1 Å². The lowest BCUT2D eigenvalue weighted by Gasteiger charge is -2.36. The van der Waals surface area contributed by atoms with Gasteiger partial charge in [0.05, 0.1) is 19.7 Å². The Morgan fingerprint density at radius 1 is 1.32 bits per heavy atom. The van der Waals surface area contributed by atoms with Crippen LogP contribution in [0.25, 0.3) is 11.1 Å². The van der Waals surface area contributed by atoms with Crippen LogP contribution in [0.15, 0.2) is 46.9 Å². The van der Waals surface area contributed by atoms with Gasteiger partial charge in [0.2, 0.25) is 5.89 Å². The van der Waals surface area contributed by atoms with Gasteiger partial charge in [0.25, 0.3) is 0 Å². The summed E-state index contributed by atoms with van der Waals surface area (Å²) in [6.45, 7) is 3.17. The quantitative estimate of drug-likeness (QED) is 0.790. The van der Waals surface area contributed by atoms with Crippen LogP contribution in [-0.2, 0) is 6.54 Å². The van der Waals surface area contributed by atoms with Gasteiger partial charge in [-0.3, -0.25) is 4.90 Å². The highest BCUT2D eigenvalue weighted by Crippen LogP contribution is 2.31. The van der Waals surface area contributed by atoms with E-state index in [4.69, 9.17) is 9.15 Å². The Morgan fingerprint density at radius 2 is 2.20 bits per heavy atom. The summed E-state index contributed by atoms with van der Waals surface area (Å²) in [5.41, 5.74) is 2.30. The largest absolute Gasteiger partial charge is 0.496 e. The predicted octanol–water partition coefficient (Wildman–Crippen LogP) is 3.12. The Balaban J connectivity index is 1.62. The first-order valence-electron chi connectivity index (χ1n) is 8.37. The van der Waals surface area contributed by atoms with Gasteiger partial charge in [0, 0.05) is 31.3 Å². The number of hydrogen-bond acceptors (Lipinski definition) is 5.